The van der Waals surface area contributed by atoms with E-state index in [1.54, 1.807) is 0 Å². The second-order valence-electron chi connectivity index (χ2n) is 3.66. The quantitative estimate of drug-likeness (QED) is 0.691. The largest absolute Gasteiger partial charge is 0.198 e. The van der Waals surface area contributed by atoms with Crippen molar-refractivity contribution in [3.05, 3.63) is 35.9 Å². The van der Waals surface area contributed by atoms with E-state index < -0.39 is 0 Å². The van der Waals surface area contributed by atoms with Gasteiger partial charge in [-0.15, -0.1) is 0 Å². The number of nitriles is 1. The van der Waals surface area contributed by atoms with Crippen LogP contribution in [-0.4, -0.2) is 0 Å². The van der Waals surface area contributed by atoms with E-state index in [1.165, 1.54) is 12.0 Å². The van der Waals surface area contributed by atoms with E-state index >= 15 is 0 Å². The van der Waals surface area contributed by atoms with Crippen molar-refractivity contribution in [3.8, 4) is 6.07 Å². The molecule has 1 heteroatoms. The molecule has 0 aliphatic carbocycles. The molecular formula is C13H17N. The molecule has 1 aromatic rings. The zero-order valence-electron chi connectivity index (χ0n) is 8.74. The topological polar surface area (TPSA) is 23.8 Å². The summed E-state index contributed by atoms with van der Waals surface area (Å²) in [5.74, 6) is 0.192. The first-order valence-electron chi connectivity index (χ1n) is 5.30. The van der Waals surface area contributed by atoms with Crippen LogP contribution in [0.4, 0.5) is 0 Å². The number of benzene rings is 1. The van der Waals surface area contributed by atoms with Crippen LogP contribution in [0.2, 0.25) is 0 Å². The van der Waals surface area contributed by atoms with Crippen LogP contribution in [0.25, 0.3) is 0 Å². The van der Waals surface area contributed by atoms with Gasteiger partial charge >= 0.3 is 0 Å². The maximum absolute atomic E-state index is 8.96. The fourth-order valence-corrected chi connectivity index (χ4v) is 1.56. The molecule has 0 amide bonds. The van der Waals surface area contributed by atoms with Gasteiger partial charge in [-0.05, 0) is 18.4 Å². The van der Waals surface area contributed by atoms with Gasteiger partial charge in [-0.3, -0.25) is 0 Å². The Morgan fingerprint density at radius 2 is 2.00 bits per heavy atom. The maximum Gasteiger partial charge on any atom is 0.0659 e. The fourth-order valence-electron chi connectivity index (χ4n) is 1.56. The van der Waals surface area contributed by atoms with Crippen LogP contribution in [0.15, 0.2) is 30.3 Å². The van der Waals surface area contributed by atoms with Crippen molar-refractivity contribution in [2.45, 2.75) is 32.6 Å². The Balaban J connectivity index is 2.46. The number of unbranched alkanes of at least 4 members (excludes halogenated alkanes) is 1. The molecule has 0 bridgehead atoms. The minimum atomic E-state index is 0.192. The summed E-state index contributed by atoms with van der Waals surface area (Å²) in [5, 5.41) is 8.96. The lowest BCUT2D eigenvalue weighted by atomic mass is 9.96. The molecule has 0 saturated heterocycles. The van der Waals surface area contributed by atoms with E-state index in [2.05, 4.69) is 25.1 Å². The highest BCUT2D eigenvalue weighted by atomic mass is 14.3. The summed E-state index contributed by atoms with van der Waals surface area (Å²) in [5.41, 5.74) is 1.27. The first-order chi connectivity index (χ1) is 6.86. The van der Waals surface area contributed by atoms with Crippen LogP contribution < -0.4 is 0 Å². The fraction of sp³-hybridized carbons (Fsp3) is 0.462. The maximum atomic E-state index is 8.96. The van der Waals surface area contributed by atoms with Crippen molar-refractivity contribution >= 4 is 0 Å². The average molecular weight is 187 g/mol. The van der Waals surface area contributed by atoms with Gasteiger partial charge < -0.3 is 0 Å². The third-order valence-electron chi connectivity index (χ3n) is 2.41. The third-order valence-corrected chi connectivity index (χ3v) is 2.41. The van der Waals surface area contributed by atoms with Gasteiger partial charge in [-0.1, -0.05) is 50.1 Å². The van der Waals surface area contributed by atoms with Crippen LogP contribution in [0.3, 0.4) is 0 Å². The lowest BCUT2D eigenvalue weighted by Crippen LogP contribution is -2.01. The molecular weight excluding hydrogens is 170 g/mol. The molecule has 74 valence electrons. The molecule has 1 rings (SSSR count). The number of nitrogens with zero attached hydrogens (tertiary/aromatic N) is 1. The lowest BCUT2D eigenvalue weighted by Gasteiger charge is -2.07. The smallest absolute Gasteiger partial charge is 0.0659 e. The summed E-state index contributed by atoms with van der Waals surface area (Å²) in [6.07, 6.45) is 4.26. The molecule has 0 aliphatic rings. The van der Waals surface area contributed by atoms with Crippen LogP contribution in [0, 0.1) is 17.2 Å². The van der Waals surface area contributed by atoms with Crippen molar-refractivity contribution < 1.29 is 0 Å². The monoisotopic (exact) mass is 187 g/mol. The second kappa shape index (κ2) is 6.21. The Morgan fingerprint density at radius 1 is 1.29 bits per heavy atom. The highest BCUT2D eigenvalue weighted by Gasteiger charge is 2.06. The van der Waals surface area contributed by atoms with Gasteiger partial charge in [0.1, 0.15) is 0 Å². The van der Waals surface area contributed by atoms with E-state index in [-0.39, 0.29) is 5.92 Å². The summed E-state index contributed by atoms with van der Waals surface area (Å²) in [6.45, 7) is 2.16. The zero-order chi connectivity index (χ0) is 10.2. The molecule has 0 aromatic heterocycles. The van der Waals surface area contributed by atoms with Crippen molar-refractivity contribution in [3.63, 3.8) is 0 Å². The van der Waals surface area contributed by atoms with E-state index in [0.717, 1.165) is 19.3 Å². The van der Waals surface area contributed by atoms with Crippen LogP contribution >= 0.6 is 0 Å². The Morgan fingerprint density at radius 3 is 2.57 bits per heavy atom. The highest BCUT2D eigenvalue weighted by Crippen LogP contribution is 2.14. The summed E-state index contributed by atoms with van der Waals surface area (Å²) in [6, 6.07) is 12.6. The Hall–Kier alpha value is -1.29. The van der Waals surface area contributed by atoms with Crippen molar-refractivity contribution in [1.29, 1.82) is 5.26 Å². The second-order valence-corrected chi connectivity index (χ2v) is 3.66. The molecule has 1 aromatic carbocycles. The first kappa shape index (κ1) is 10.8. The molecule has 0 radical (unpaired) electrons. The molecule has 1 unspecified atom stereocenters. The predicted molar refractivity (Wildman–Crippen MR) is 58.8 cm³/mol. The lowest BCUT2D eigenvalue weighted by molar-refractivity contribution is 0.563. The molecule has 0 fully saturated rings. The summed E-state index contributed by atoms with van der Waals surface area (Å²) in [7, 11) is 0. The number of rotatable bonds is 5. The van der Waals surface area contributed by atoms with Crippen molar-refractivity contribution in [2.75, 3.05) is 0 Å². The SMILES string of the molecule is CCCCC(C#N)Cc1ccccc1. The Kier molecular flexibility index (Phi) is 4.78. The minimum absolute atomic E-state index is 0.192. The van der Waals surface area contributed by atoms with Gasteiger partial charge in [0, 0.05) is 0 Å². The molecule has 14 heavy (non-hydrogen) atoms. The zero-order valence-corrected chi connectivity index (χ0v) is 8.74. The average Bonchev–Trinajstić information content (AvgIpc) is 2.25. The summed E-state index contributed by atoms with van der Waals surface area (Å²) >= 11 is 0. The van der Waals surface area contributed by atoms with Crippen LogP contribution in [0.1, 0.15) is 31.7 Å². The molecule has 1 atom stereocenters. The van der Waals surface area contributed by atoms with Crippen LogP contribution in [0.5, 0.6) is 0 Å². The molecule has 0 saturated carbocycles. The van der Waals surface area contributed by atoms with Gasteiger partial charge in [0.2, 0.25) is 0 Å². The molecule has 0 spiro atoms. The normalized spacial score (nSPS) is 12.0. The van der Waals surface area contributed by atoms with E-state index in [4.69, 9.17) is 5.26 Å². The van der Waals surface area contributed by atoms with Crippen LogP contribution in [-0.2, 0) is 6.42 Å². The number of hydrogen-bond acceptors (Lipinski definition) is 1. The van der Waals surface area contributed by atoms with E-state index in [0.29, 0.717) is 0 Å². The summed E-state index contributed by atoms with van der Waals surface area (Å²) < 4.78 is 0. The minimum Gasteiger partial charge on any atom is -0.198 e. The Bertz CT molecular complexity index is 284. The number of hydrogen-bond donors (Lipinski definition) is 0. The van der Waals surface area contributed by atoms with Gasteiger partial charge in [0.05, 0.1) is 12.0 Å². The van der Waals surface area contributed by atoms with Gasteiger partial charge in [-0.2, -0.15) is 5.26 Å². The highest BCUT2D eigenvalue weighted by molar-refractivity contribution is 5.16. The molecule has 1 nitrogen and oxygen atoms in total. The van der Waals surface area contributed by atoms with E-state index in [1.807, 2.05) is 18.2 Å². The molecule has 0 aliphatic heterocycles. The van der Waals surface area contributed by atoms with Crippen molar-refractivity contribution in [2.24, 2.45) is 5.92 Å². The molecule has 0 heterocycles. The predicted octanol–water partition coefficient (Wildman–Crippen LogP) is 3.56. The Labute approximate surface area is 86.4 Å². The third kappa shape index (κ3) is 3.62. The van der Waals surface area contributed by atoms with Crippen molar-refractivity contribution in [1.82, 2.24) is 0 Å². The standard InChI is InChI=1S/C13H17N/c1-2-3-7-13(11-14)10-12-8-5-4-6-9-12/h4-6,8-9,13H,2-3,7,10H2,1H3. The first-order valence-corrected chi connectivity index (χ1v) is 5.30. The molecule has 0 N–H and O–H groups in total. The van der Waals surface area contributed by atoms with Gasteiger partial charge in [-0.25, -0.2) is 0 Å². The van der Waals surface area contributed by atoms with Gasteiger partial charge in [0.15, 0.2) is 0 Å². The van der Waals surface area contributed by atoms with E-state index in [9.17, 15) is 0 Å². The summed E-state index contributed by atoms with van der Waals surface area (Å²) in [4.78, 5) is 0. The van der Waals surface area contributed by atoms with Gasteiger partial charge in [0.25, 0.3) is 0 Å².